The number of carbonyl (C=O) groups excluding carboxylic acids is 1. The number of hydrogen-bond acceptors (Lipinski definition) is 4. The van der Waals surface area contributed by atoms with E-state index in [1.54, 1.807) is 0 Å². The van der Waals surface area contributed by atoms with Crippen molar-refractivity contribution < 1.29 is 20.1 Å². The van der Waals surface area contributed by atoms with E-state index in [2.05, 4.69) is 0 Å². The fourth-order valence-corrected chi connectivity index (χ4v) is 1.22. The van der Waals surface area contributed by atoms with Gasteiger partial charge in [-0.2, -0.15) is 0 Å². The predicted octanol–water partition coefficient (Wildman–Crippen LogP) is -2.02. The maximum absolute atomic E-state index is 11.2. The highest BCUT2D eigenvalue weighted by atomic mass is 16.3. The first-order valence-electron chi connectivity index (χ1n) is 3.62. The smallest absolute Gasteiger partial charge is 0.324 e. The van der Waals surface area contributed by atoms with Crippen LogP contribution in [0.2, 0.25) is 0 Å². The Labute approximate surface area is 69.6 Å². The van der Waals surface area contributed by atoms with E-state index in [0.717, 1.165) is 9.80 Å². The van der Waals surface area contributed by atoms with Crippen molar-refractivity contribution in [3.05, 3.63) is 0 Å². The van der Waals surface area contributed by atoms with Crippen molar-refractivity contribution in [3.63, 3.8) is 0 Å². The molecule has 1 fully saturated rings. The number of carbonyl (C=O) groups is 1. The molecule has 0 radical (unpaired) electrons. The fourth-order valence-electron chi connectivity index (χ4n) is 1.22. The zero-order valence-corrected chi connectivity index (χ0v) is 6.55. The maximum Gasteiger partial charge on any atom is 0.324 e. The lowest BCUT2D eigenvalue weighted by molar-refractivity contribution is 0.0884. The SMILES string of the molecule is O=C1N(CO)CC(CO)N1CO. The highest BCUT2D eigenvalue weighted by molar-refractivity contribution is 5.76. The van der Waals surface area contributed by atoms with Gasteiger partial charge in [0.2, 0.25) is 0 Å². The monoisotopic (exact) mass is 176 g/mol. The van der Waals surface area contributed by atoms with E-state index < -0.39 is 18.8 Å². The van der Waals surface area contributed by atoms with Gasteiger partial charge in [-0.25, -0.2) is 4.79 Å². The molecule has 1 unspecified atom stereocenters. The molecule has 1 rings (SSSR count). The molecule has 0 bridgehead atoms. The Bertz CT molecular complexity index is 175. The van der Waals surface area contributed by atoms with Gasteiger partial charge in [0.1, 0.15) is 13.5 Å². The Balaban J connectivity index is 2.65. The van der Waals surface area contributed by atoms with Crippen LogP contribution in [0, 0.1) is 0 Å². The summed E-state index contributed by atoms with van der Waals surface area (Å²) in [6.45, 7) is -0.762. The van der Waals surface area contributed by atoms with Gasteiger partial charge >= 0.3 is 6.03 Å². The molecule has 3 N–H and O–H groups in total. The molecular weight excluding hydrogens is 164 g/mol. The van der Waals surface area contributed by atoms with Crippen LogP contribution >= 0.6 is 0 Å². The van der Waals surface area contributed by atoms with E-state index >= 15 is 0 Å². The summed E-state index contributed by atoms with van der Waals surface area (Å²) < 4.78 is 0. The number of aliphatic hydroxyl groups excluding tert-OH is 3. The van der Waals surface area contributed by atoms with E-state index in [1.165, 1.54) is 0 Å². The van der Waals surface area contributed by atoms with Crippen LogP contribution in [0.25, 0.3) is 0 Å². The van der Waals surface area contributed by atoms with Crippen molar-refractivity contribution in [1.29, 1.82) is 0 Å². The summed E-state index contributed by atoms with van der Waals surface area (Å²) in [5, 5.41) is 26.2. The first kappa shape index (κ1) is 9.24. The minimum atomic E-state index is -0.445. The largest absolute Gasteiger partial charge is 0.394 e. The molecule has 0 aromatic carbocycles. The second kappa shape index (κ2) is 3.70. The van der Waals surface area contributed by atoms with Crippen molar-refractivity contribution in [2.45, 2.75) is 6.04 Å². The van der Waals surface area contributed by atoms with Gasteiger partial charge in [-0.15, -0.1) is 0 Å². The molecule has 6 heteroatoms. The van der Waals surface area contributed by atoms with Gasteiger partial charge in [-0.3, -0.25) is 9.80 Å². The first-order chi connectivity index (χ1) is 5.74. The van der Waals surface area contributed by atoms with Crippen molar-refractivity contribution in [1.82, 2.24) is 9.80 Å². The maximum atomic E-state index is 11.2. The molecule has 0 aromatic rings. The number of urea groups is 1. The summed E-state index contributed by atoms with van der Waals surface area (Å²) in [5.74, 6) is 0. The number of nitrogens with zero attached hydrogens (tertiary/aromatic N) is 2. The lowest BCUT2D eigenvalue weighted by Gasteiger charge is -2.17. The molecule has 1 saturated heterocycles. The van der Waals surface area contributed by atoms with Crippen molar-refractivity contribution in [2.24, 2.45) is 0 Å². The van der Waals surface area contributed by atoms with Gasteiger partial charge in [0.25, 0.3) is 0 Å². The zero-order valence-electron chi connectivity index (χ0n) is 6.55. The molecule has 2 amide bonds. The second-order valence-corrected chi connectivity index (χ2v) is 2.59. The third kappa shape index (κ3) is 1.36. The molecule has 1 atom stereocenters. The molecule has 1 aliphatic rings. The normalized spacial score (nSPS) is 23.9. The lowest BCUT2D eigenvalue weighted by Crippen LogP contribution is -2.37. The van der Waals surface area contributed by atoms with E-state index in [-0.39, 0.29) is 19.9 Å². The van der Waals surface area contributed by atoms with Crippen LogP contribution in [0.15, 0.2) is 0 Å². The summed E-state index contributed by atoms with van der Waals surface area (Å²) >= 11 is 0. The number of amides is 2. The minimum Gasteiger partial charge on any atom is -0.394 e. The number of aliphatic hydroxyl groups is 3. The highest BCUT2D eigenvalue weighted by Crippen LogP contribution is 2.13. The third-order valence-corrected chi connectivity index (χ3v) is 1.92. The third-order valence-electron chi connectivity index (χ3n) is 1.92. The number of hydrogen-bond donors (Lipinski definition) is 3. The molecule has 70 valence electrons. The van der Waals surface area contributed by atoms with E-state index in [1.807, 2.05) is 0 Å². The molecule has 1 aliphatic heterocycles. The Morgan fingerprint density at radius 3 is 2.33 bits per heavy atom. The Kier molecular flexibility index (Phi) is 2.85. The second-order valence-electron chi connectivity index (χ2n) is 2.59. The molecule has 0 aromatic heterocycles. The quantitative estimate of drug-likeness (QED) is 0.463. The van der Waals surface area contributed by atoms with Crippen molar-refractivity contribution in [3.8, 4) is 0 Å². The summed E-state index contributed by atoms with van der Waals surface area (Å²) in [7, 11) is 0. The topological polar surface area (TPSA) is 84.2 Å². The van der Waals surface area contributed by atoms with E-state index in [0.29, 0.717) is 0 Å². The van der Waals surface area contributed by atoms with Gasteiger partial charge in [0, 0.05) is 6.54 Å². The molecule has 0 saturated carbocycles. The fraction of sp³-hybridized carbons (Fsp3) is 0.833. The summed E-state index contributed by atoms with van der Waals surface area (Å²) in [4.78, 5) is 13.4. The van der Waals surface area contributed by atoms with Crippen LogP contribution in [0.4, 0.5) is 4.79 Å². The highest BCUT2D eigenvalue weighted by Gasteiger charge is 2.35. The predicted molar refractivity (Wildman–Crippen MR) is 39.0 cm³/mol. The molecule has 6 nitrogen and oxygen atoms in total. The summed E-state index contributed by atoms with van der Waals surface area (Å²) in [5.41, 5.74) is 0. The first-order valence-corrected chi connectivity index (χ1v) is 3.62. The van der Waals surface area contributed by atoms with Crippen molar-refractivity contribution in [2.75, 3.05) is 26.6 Å². The van der Waals surface area contributed by atoms with Crippen LogP contribution < -0.4 is 0 Å². The van der Waals surface area contributed by atoms with Crippen LogP contribution in [-0.2, 0) is 0 Å². The Morgan fingerprint density at radius 1 is 1.33 bits per heavy atom. The lowest BCUT2D eigenvalue weighted by atomic mass is 10.3. The summed E-state index contributed by atoms with van der Waals surface area (Å²) in [6, 6.07) is -0.853. The Hall–Kier alpha value is -0.850. The van der Waals surface area contributed by atoms with E-state index in [9.17, 15) is 4.79 Å². The van der Waals surface area contributed by atoms with Gasteiger partial charge in [-0.1, -0.05) is 0 Å². The molecule has 0 aliphatic carbocycles. The minimum absolute atomic E-state index is 0.206. The van der Waals surface area contributed by atoms with Crippen LogP contribution in [0.5, 0.6) is 0 Å². The standard InChI is InChI=1S/C6H12N2O4/c9-2-5-1-7(3-10)6(12)8(5)4-11/h5,9-11H,1-4H2. The molecule has 0 spiro atoms. The van der Waals surface area contributed by atoms with Crippen LogP contribution in [-0.4, -0.2) is 63.8 Å². The summed E-state index contributed by atoms with van der Waals surface area (Å²) in [6.07, 6.45) is 0. The van der Waals surface area contributed by atoms with Gasteiger partial charge in [0.05, 0.1) is 12.6 Å². The average molecular weight is 176 g/mol. The van der Waals surface area contributed by atoms with Gasteiger partial charge in [-0.05, 0) is 0 Å². The zero-order chi connectivity index (χ0) is 9.14. The van der Waals surface area contributed by atoms with Gasteiger partial charge in [0.15, 0.2) is 0 Å². The van der Waals surface area contributed by atoms with E-state index in [4.69, 9.17) is 15.3 Å². The van der Waals surface area contributed by atoms with Crippen LogP contribution in [0.1, 0.15) is 0 Å². The van der Waals surface area contributed by atoms with Crippen LogP contribution in [0.3, 0.4) is 0 Å². The molecule has 12 heavy (non-hydrogen) atoms. The van der Waals surface area contributed by atoms with Gasteiger partial charge < -0.3 is 15.3 Å². The average Bonchev–Trinajstić information content (AvgIpc) is 2.41. The molecular formula is C6H12N2O4. The van der Waals surface area contributed by atoms with Crippen molar-refractivity contribution >= 4 is 6.03 Å². The molecule has 1 heterocycles. The number of rotatable bonds is 3. The Morgan fingerprint density at radius 2 is 2.00 bits per heavy atom.